The molecule has 0 saturated heterocycles. The van der Waals surface area contributed by atoms with E-state index in [1.165, 1.54) is 74.0 Å². The second kappa shape index (κ2) is 10.6. The standard InChI is InChI=1S/C27H21FN2O6S2/c1-19-3-12-25(13-4-19)38(34,35)30-16-15-24(29-30)18-37(32,33)26-14-9-22(27(31)36-2)17-21(26)8-5-20-6-10-23(28)11-7-20/h3-4,6-7,9-17H,18H2,1-2H3. The lowest BCUT2D eigenvalue weighted by atomic mass is 10.1. The summed E-state index contributed by atoms with van der Waals surface area (Å²) in [6, 6.07) is 16.6. The molecule has 3 aromatic carbocycles. The average molecular weight is 553 g/mol. The molecule has 8 nitrogen and oxygen atoms in total. The van der Waals surface area contributed by atoms with Crippen molar-refractivity contribution in [3.8, 4) is 11.8 Å². The Morgan fingerprint density at radius 1 is 0.947 bits per heavy atom. The van der Waals surface area contributed by atoms with Gasteiger partial charge in [-0.15, -0.1) is 0 Å². The number of esters is 1. The molecule has 0 aliphatic carbocycles. The number of aromatic nitrogens is 2. The number of halogens is 1. The fraction of sp³-hybridized carbons (Fsp3) is 0.111. The number of sulfone groups is 1. The molecule has 194 valence electrons. The molecular formula is C27H21FN2O6S2. The van der Waals surface area contributed by atoms with Crippen molar-refractivity contribution in [2.45, 2.75) is 22.5 Å². The van der Waals surface area contributed by atoms with Crippen LogP contribution in [0.5, 0.6) is 0 Å². The summed E-state index contributed by atoms with van der Waals surface area (Å²) in [6.45, 7) is 1.82. The summed E-state index contributed by atoms with van der Waals surface area (Å²) in [6.07, 6.45) is 1.18. The molecule has 0 amide bonds. The Kier molecular flexibility index (Phi) is 7.48. The van der Waals surface area contributed by atoms with E-state index >= 15 is 0 Å². The summed E-state index contributed by atoms with van der Waals surface area (Å²) < 4.78 is 71.2. The van der Waals surface area contributed by atoms with Crippen molar-refractivity contribution in [1.29, 1.82) is 0 Å². The molecule has 4 rings (SSSR count). The largest absolute Gasteiger partial charge is 0.465 e. The number of ether oxygens (including phenoxy) is 1. The van der Waals surface area contributed by atoms with Gasteiger partial charge in [0.2, 0.25) is 0 Å². The lowest BCUT2D eigenvalue weighted by Crippen LogP contribution is -2.15. The van der Waals surface area contributed by atoms with Crippen LogP contribution in [0.25, 0.3) is 0 Å². The quantitative estimate of drug-likeness (QED) is 0.265. The van der Waals surface area contributed by atoms with Crippen LogP contribution in [0.3, 0.4) is 0 Å². The van der Waals surface area contributed by atoms with Gasteiger partial charge in [0.15, 0.2) is 9.84 Å². The lowest BCUT2D eigenvalue weighted by molar-refractivity contribution is 0.0600. The number of benzene rings is 3. The van der Waals surface area contributed by atoms with Crippen LogP contribution >= 0.6 is 0 Å². The van der Waals surface area contributed by atoms with Crippen molar-refractivity contribution in [1.82, 2.24) is 9.19 Å². The van der Waals surface area contributed by atoms with Crippen molar-refractivity contribution >= 4 is 25.8 Å². The van der Waals surface area contributed by atoms with Crippen LogP contribution in [-0.2, 0) is 30.4 Å². The van der Waals surface area contributed by atoms with E-state index in [1.807, 2.05) is 6.92 Å². The third kappa shape index (κ3) is 5.82. The highest BCUT2D eigenvalue weighted by atomic mass is 32.2. The molecule has 4 aromatic rings. The van der Waals surface area contributed by atoms with Gasteiger partial charge in [0.1, 0.15) is 5.82 Å². The molecule has 0 radical (unpaired) electrons. The molecule has 0 bridgehead atoms. The van der Waals surface area contributed by atoms with Gasteiger partial charge in [-0.2, -0.15) is 17.6 Å². The Balaban J connectivity index is 1.69. The van der Waals surface area contributed by atoms with Gasteiger partial charge in [0.25, 0.3) is 10.0 Å². The Labute approximate surface area is 219 Å². The zero-order chi connectivity index (χ0) is 27.5. The molecule has 0 spiro atoms. The molecule has 0 atom stereocenters. The third-order valence-corrected chi connectivity index (χ3v) is 8.71. The SMILES string of the molecule is COC(=O)c1ccc(S(=O)(=O)Cc2ccn(S(=O)(=O)c3ccc(C)cc3)n2)c(C#Cc2ccc(F)cc2)c1. The van der Waals surface area contributed by atoms with E-state index < -0.39 is 37.4 Å². The van der Waals surface area contributed by atoms with Gasteiger partial charge in [0, 0.05) is 17.3 Å². The van der Waals surface area contributed by atoms with Gasteiger partial charge in [-0.1, -0.05) is 29.5 Å². The molecule has 38 heavy (non-hydrogen) atoms. The highest BCUT2D eigenvalue weighted by molar-refractivity contribution is 7.90. The number of aryl methyl sites for hydroxylation is 1. The first-order valence-corrected chi connectivity index (χ1v) is 14.2. The Hall–Kier alpha value is -4.27. The second-order valence-corrected chi connectivity index (χ2v) is 12.0. The summed E-state index contributed by atoms with van der Waals surface area (Å²) >= 11 is 0. The van der Waals surface area contributed by atoms with Gasteiger partial charge in [0.05, 0.1) is 33.9 Å². The number of rotatable bonds is 6. The monoisotopic (exact) mass is 552 g/mol. The summed E-state index contributed by atoms with van der Waals surface area (Å²) in [7, 11) is -6.91. The molecule has 1 heterocycles. The zero-order valence-corrected chi connectivity index (χ0v) is 21.9. The van der Waals surface area contributed by atoms with Crippen molar-refractivity contribution < 1.29 is 30.8 Å². The van der Waals surface area contributed by atoms with Crippen LogP contribution < -0.4 is 0 Å². The normalized spacial score (nSPS) is 11.4. The first-order chi connectivity index (χ1) is 18.0. The smallest absolute Gasteiger partial charge is 0.337 e. The van der Waals surface area contributed by atoms with Gasteiger partial charge in [-0.25, -0.2) is 17.6 Å². The van der Waals surface area contributed by atoms with E-state index in [0.717, 1.165) is 9.65 Å². The molecule has 0 unspecified atom stereocenters. The first-order valence-electron chi connectivity index (χ1n) is 11.1. The Morgan fingerprint density at radius 2 is 1.63 bits per heavy atom. The van der Waals surface area contributed by atoms with E-state index in [1.54, 1.807) is 12.1 Å². The number of carbonyl (C=O) groups is 1. The predicted molar refractivity (Wildman–Crippen MR) is 137 cm³/mol. The topological polar surface area (TPSA) is 112 Å². The van der Waals surface area contributed by atoms with Crippen LogP contribution in [0.4, 0.5) is 4.39 Å². The van der Waals surface area contributed by atoms with Gasteiger partial charge < -0.3 is 4.74 Å². The Bertz CT molecular complexity index is 1780. The van der Waals surface area contributed by atoms with Crippen molar-refractivity contribution in [3.05, 3.63) is 113 Å². The molecule has 0 aliphatic rings. The number of carbonyl (C=O) groups excluding carboxylic acids is 1. The maximum absolute atomic E-state index is 13.4. The molecule has 11 heteroatoms. The van der Waals surface area contributed by atoms with Crippen LogP contribution in [0.15, 0.2) is 88.8 Å². The molecule has 1 aromatic heterocycles. The van der Waals surface area contributed by atoms with Gasteiger partial charge >= 0.3 is 5.97 Å². The number of methoxy groups -OCH3 is 1. The number of nitrogens with zero attached hydrogens (tertiary/aromatic N) is 2. The van der Waals surface area contributed by atoms with Crippen LogP contribution in [0.1, 0.15) is 32.7 Å². The molecule has 0 aliphatic heterocycles. The maximum atomic E-state index is 13.4. The average Bonchev–Trinajstić information content (AvgIpc) is 3.36. The van der Waals surface area contributed by atoms with Crippen LogP contribution in [0.2, 0.25) is 0 Å². The highest BCUT2D eigenvalue weighted by Crippen LogP contribution is 2.23. The highest BCUT2D eigenvalue weighted by Gasteiger charge is 2.24. The molecular weight excluding hydrogens is 531 g/mol. The molecule has 0 N–H and O–H groups in total. The first kappa shape index (κ1) is 26.8. The zero-order valence-electron chi connectivity index (χ0n) is 20.3. The second-order valence-electron chi connectivity index (χ2n) is 8.22. The summed E-state index contributed by atoms with van der Waals surface area (Å²) in [4.78, 5) is 11.9. The minimum Gasteiger partial charge on any atom is -0.465 e. The van der Waals surface area contributed by atoms with Gasteiger partial charge in [-0.3, -0.25) is 0 Å². The van der Waals surface area contributed by atoms with Crippen LogP contribution in [0, 0.1) is 24.6 Å². The van der Waals surface area contributed by atoms with E-state index in [0.29, 0.717) is 5.56 Å². The van der Waals surface area contributed by atoms with Crippen molar-refractivity contribution in [3.63, 3.8) is 0 Å². The maximum Gasteiger partial charge on any atom is 0.337 e. The summed E-state index contributed by atoms with van der Waals surface area (Å²) in [5, 5.41) is 3.99. The number of hydrogen-bond acceptors (Lipinski definition) is 7. The van der Waals surface area contributed by atoms with Crippen LogP contribution in [-0.4, -0.2) is 39.1 Å². The van der Waals surface area contributed by atoms with Crippen molar-refractivity contribution in [2.24, 2.45) is 0 Å². The van der Waals surface area contributed by atoms with Gasteiger partial charge in [-0.05, 0) is 67.6 Å². The fourth-order valence-corrected chi connectivity index (χ4v) is 6.01. The van der Waals surface area contributed by atoms with Crippen molar-refractivity contribution in [2.75, 3.05) is 7.11 Å². The Morgan fingerprint density at radius 3 is 2.29 bits per heavy atom. The summed E-state index contributed by atoms with van der Waals surface area (Å²) in [5.41, 5.74) is 1.41. The predicted octanol–water partition coefficient (Wildman–Crippen LogP) is 3.73. The van der Waals surface area contributed by atoms with E-state index in [9.17, 15) is 26.0 Å². The fourth-order valence-electron chi connectivity index (χ4n) is 3.46. The minimum absolute atomic E-state index is 0.00447. The van der Waals surface area contributed by atoms with E-state index in [-0.39, 0.29) is 26.6 Å². The third-order valence-electron chi connectivity index (χ3n) is 5.45. The molecule has 0 saturated carbocycles. The lowest BCUT2D eigenvalue weighted by Gasteiger charge is -2.08. The van der Waals surface area contributed by atoms with E-state index in [2.05, 4.69) is 16.9 Å². The number of hydrogen-bond donors (Lipinski definition) is 0. The minimum atomic E-state index is -4.09. The molecule has 0 fully saturated rings. The van der Waals surface area contributed by atoms with E-state index in [4.69, 9.17) is 4.74 Å². The summed E-state index contributed by atoms with van der Waals surface area (Å²) in [5.74, 6) is 3.75.